The Morgan fingerprint density at radius 3 is 2.44 bits per heavy atom. The van der Waals surface area contributed by atoms with E-state index < -0.39 is 5.97 Å². The molecule has 0 saturated heterocycles. The zero-order chi connectivity index (χ0) is 18.3. The van der Waals surface area contributed by atoms with Crippen LogP contribution in [0.15, 0.2) is 36.7 Å². The van der Waals surface area contributed by atoms with Gasteiger partial charge in [0.2, 0.25) is 0 Å². The number of aryl methyl sites for hydroxylation is 3. The number of H-pyrrole nitrogens is 1. The molecule has 4 rings (SSSR count). The molecule has 0 spiro atoms. The van der Waals surface area contributed by atoms with Crippen LogP contribution in [0.1, 0.15) is 18.1 Å². The Morgan fingerprint density at radius 2 is 1.76 bits per heavy atom. The van der Waals surface area contributed by atoms with E-state index in [9.17, 15) is 5.11 Å². The number of carboxylic acid groups (broad SMARTS) is 1. The van der Waals surface area contributed by atoms with Gasteiger partial charge < -0.3 is 15.2 Å². The SMILES string of the molecule is CC(=O)O.Cc1c2cc[n+](C)cc2c(C)c2c1[nH]c1ccc(O)cc12. The summed E-state index contributed by atoms with van der Waals surface area (Å²) in [6, 6.07) is 7.67. The molecule has 0 unspecified atom stereocenters. The third kappa shape index (κ3) is 2.89. The molecule has 5 nitrogen and oxygen atoms in total. The van der Waals surface area contributed by atoms with Crippen LogP contribution in [0.2, 0.25) is 0 Å². The monoisotopic (exact) mass is 337 g/mol. The first kappa shape index (κ1) is 16.8. The number of hydrogen-bond donors (Lipinski definition) is 3. The minimum atomic E-state index is -0.833. The zero-order valence-corrected chi connectivity index (χ0v) is 14.7. The summed E-state index contributed by atoms with van der Waals surface area (Å²) >= 11 is 0. The lowest BCUT2D eigenvalue weighted by atomic mass is 9.97. The molecule has 2 aromatic heterocycles. The number of aromatic hydroxyl groups is 1. The first-order valence-corrected chi connectivity index (χ1v) is 8.01. The Morgan fingerprint density at radius 1 is 1.08 bits per heavy atom. The van der Waals surface area contributed by atoms with E-state index in [0.717, 1.165) is 23.3 Å². The fraction of sp³-hybridized carbons (Fsp3) is 0.200. The topological polar surface area (TPSA) is 77.2 Å². The molecule has 4 aromatic rings. The Kier molecular flexibility index (Phi) is 4.08. The number of fused-ring (bicyclic) bond motifs is 4. The molecular formula is C20H21N2O3+. The van der Waals surface area contributed by atoms with E-state index in [0.29, 0.717) is 5.75 Å². The summed E-state index contributed by atoms with van der Waals surface area (Å²) in [5.41, 5.74) is 4.73. The van der Waals surface area contributed by atoms with Gasteiger partial charge in [0.15, 0.2) is 12.4 Å². The predicted molar refractivity (Wildman–Crippen MR) is 98.9 cm³/mol. The number of hydrogen-bond acceptors (Lipinski definition) is 2. The second-order valence-corrected chi connectivity index (χ2v) is 6.31. The van der Waals surface area contributed by atoms with Gasteiger partial charge >= 0.3 is 0 Å². The average Bonchev–Trinajstić information content (AvgIpc) is 2.91. The Bertz CT molecular complexity index is 1120. The number of nitrogens with one attached hydrogen (secondary N) is 1. The summed E-state index contributed by atoms with van der Waals surface area (Å²) in [7, 11) is 2.04. The number of carboxylic acids is 1. The van der Waals surface area contributed by atoms with E-state index in [4.69, 9.17) is 9.90 Å². The van der Waals surface area contributed by atoms with E-state index in [1.54, 1.807) is 6.07 Å². The second-order valence-electron chi connectivity index (χ2n) is 6.31. The quantitative estimate of drug-likeness (QED) is 0.428. The Balaban J connectivity index is 0.000000415. The van der Waals surface area contributed by atoms with E-state index in [1.807, 2.05) is 19.2 Å². The highest BCUT2D eigenvalue weighted by molar-refractivity contribution is 6.16. The second kappa shape index (κ2) is 6.09. The number of benzene rings is 2. The van der Waals surface area contributed by atoms with Crippen molar-refractivity contribution in [1.82, 2.24) is 4.98 Å². The first-order valence-electron chi connectivity index (χ1n) is 8.01. The van der Waals surface area contributed by atoms with Gasteiger partial charge in [-0.3, -0.25) is 4.79 Å². The van der Waals surface area contributed by atoms with Gasteiger partial charge in [-0.25, -0.2) is 4.57 Å². The fourth-order valence-corrected chi connectivity index (χ4v) is 3.34. The van der Waals surface area contributed by atoms with E-state index in [2.05, 4.69) is 41.9 Å². The molecule has 2 heterocycles. The molecule has 3 N–H and O–H groups in total. The molecule has 0 amide bonds. The van der Waals surface area contributed by atoms with Gasteiger partial charge in [0, 0.05) is 34.7 Å². The highest BCUT2D eigenvalue weighted by Crippen LogP contribution is 2.36. The summed E-state index contributed by atoms with van der Waals surface area (Å²) in [5, 5.41) is 22.0. The van der Waals surface area contributed by atoms with Crippen molar-refractivity contribution in [3.05, 3.63) is 47.8 Å². The van der Waals surface area contributed by atoms with Gasteiger partial charge in [-0.05, 0) is 48.6 Å². The van der Waals surface area contributed by atoms with Gasteiger partial charge in [-0.1, -0.05) is 0 Å². The molecule has 0 aliphatic carbocycles. The molecule has 0 aliphatic rings. The van der Waals surface area contributed by atoms with Crippen LogP contribution in [0.4, 0.5) is 0 Å². The molecule has 0 atom stereocenters. The predicted octanol–water partition coefficient (Wildman–Crippen LogP) is 3.71. The maximum absolute atomic E-state index is 9.81. The lowest BCUT2D eigenvalue weighted by Crippen LogP contribution is -2.26. The molecular weight excluding hydrogens is 316 g/mol. The Labute approximate surface area is 145 Å². The third-order valence-corrected chi connectivity index (χ3v) is 4.44. The van der Waals surface area contributed by atoms with Gasteiger partial charge in [0.1, 0.15) is 12.8 Å². The summed E-state index contributed by atoms with van der Waals surface area (Å²) in [6.45, 7) is 5.39. The molecule has 0 bridgehead atoms. The highest BCUT2D eigenvalue weighted by Gasteiger charge is 2.15. The van der Waals surface area contributed by atoms with Crippen LogP contribution >= 0.6 is 0 Å². The normalized spacial score (nSPS) is 10.9. The zero-order valence-electron chi connectivity index (χ0n) is 14.7. The molecule has 0 saturated carbocycles. The van der Waals surface area contributed by atoms with Crippen LogP contribution in [0, 0.1) is 13.8 Å². The first-order chi connectivity index (χ1) is 11.8. The van der Waals surface area contributed by atoms with E-state index in [1.165, 1.54) is 27.3 Å². The van der Waals surface area contributed by atoms with E-state index in [-0.39, 0.29) is 0 Å². The molecule has 2 aromatic carbocycles. The summed E-state index contributed by atoms with van der Waals surface area (Å²) in [5.74, 6) is -0.529. The number of pyridine rings is 1. The summed E-state index contributed by atoms with van der Waals surface area (Å²) < 4.78 is 2.08. The van der Waals surface area contributed by atoms with Crippen LogP contribution in [0.5, 0.6) is 5.75 Å². The highest BCUT2D eigenvalue weighted by atomic mass is 16.4. The maximum atomic E-state index is 9.81. The van der Waals surface area contributed by atoms with Crippen molar-refractivity contribution in [2.45, 2.75) is 20.8 Å². The molecule has 0 aliphatic heterocycles. The van der Waals surface area contributed by atoms with Gasteiger partial charge in [0.05, 0.1) is 5.52 Å². The molecule has 128 valence electrons. The standard InChI is InChI=1S/C18H16N2O.C2H4O2/c1-10-15-9-20(3)7-6-13(15)11(2)18-17(10)14-8-12(21)4-5-16(14)19-18;1-2(3)4/h4-9,21H,1-3H3;1H3,(H,3,4)/p+1. The van der Waals surface area contributed by atoms with Gasteiger partial charge in [-0.15, -0.1) is 0 Å². The number of nitrogens with zero attached hydrogens (tertiary/aromatic N) is 1. The molecule has 0 fully saturated rings. The molecule has 0 radical (unpaired) electrons. The number of phenols is 1. The number of aromatic nitrogens is 2. The fourth-order valence-electron chi connectivity index (χ4n) is 3.34. The minimum Gasteiger partial charge on any atom is -0.508 e. The lowest BCUT2D eigenvalue weighted by molar-refractivity contribution is -0.670. The average molecular weight is 337 g/mol. The number of rotatable bonds is 0. The number of aromatic amines is 1. The van der Waals surface area contributed by atoms with Crippen molar-refractivity contribution in [3.8, 4) is 5.75 Å². The number of aliphatic carboxylic acids is 1. The maximum Gasteiger partial charge on any atom is 0.300 e. The van der Waals surface area contributed by atoms with Crippen molar-refractivity contribution >= 4 is 38.5 Å². The van der Waals surface area contributed by atoms with Crippen LogP contribution < -0.4 is 4.57 Å². The minimum absolute atomic E-state index is 0.305. The van der Waals surface area contributed by atoms with Crippen molar-refractivity contribution in [3.63, 3.8) is 0 Å². The number of phenolic OH excluding ortho intramolecular Hbond substituents is 1. The van der Waals surface area contributed by atoms with Gasteiger partial charge in [0.25, 0.3) is 5.97 Å². The molecule has 5 heteroatoms. The van der Waals surface area contributed by atoms with Crippen LogP contribution in [-0.4, -0.2) is 21.2 Å². The van der Waals surface area contributed by atoms with Crippen LogP contribution in [-0.2, 0) is 11.8 Å². The lowest BCUT2D eigenvalue weighted by Gasteiger charge is -2.07. The molecule has 25 heavy (non-hydrogen) atoms. The van der Waals surface area contributed by atoms with Crippen molar-refractivity contribution < 1.29 is 19.6 Å². The largest absolute Gasteiger partial charge is 0.508 e. The number of carbonyl (C=O) groups is 1. The van der Waals surface area contributed by atoms with Crippen LogP contribution in [0.25, 0.3) is 32.6 Å². The Hall–Kier alpha value is -3.08. The van der Waals surface area contributed by atoms with Crippen molar-refractivity contribution in [2.75, 3.05) is 0 Å². The summed E-state index contributed by atoms with van der Waals surface area (Å²) in [6.07, 6.45) is 4.24. The van der Waals surface area contributed by atoms with E-state index >= 15 is 0 Å². The van der Waals surface area contributed by atoms with Crippen molar-refractivity contribution in [1.29, 1.82) is 0 Å². The van der Waals surface area contributed by atoms with Crippen LogP contribution in [0.3, 0.4) is 0 Å². The summed E-state index contributed by atoms with van der Waals surface area (Å²) in [4.78, 5) is 12.5. The van der Waals surface area contributed by atoms with Gasteiger partial charge in [-0.2, -0.15) is 0 Å². The van der Waals surface area contributed by atoms with Crippen molar-refractivity contribution in [2.24, 2.45) is 7.05 Å². The smallest absolute Gasteiger partial charge is 0.300 e. The third-order valence-electron chi connectivity index (χ3n) is 4.44.